The zero-order valence-electron chi connectivity index (χ0n) is 17.5. The maximum Gasteiger partial charge on any atom is 0.295 e. The van der Waals surface area contributed by atoms with E-state index in [1.807, 2.05) is 25.9 Å². The molecule has 1 saturated heterocycles. The smallest absolute Gasteiger partial charge is 0.295 e. The topological polar surface area (TPSA) is 70.1 Å². The number of ether oxygens (including phenoxy) is 1. The molecule has 0 radical (unpaired) electrons. The van der Waals surface area contributed by atoms with Crippen molar-refractivity contribution in [2.75, 3.05) is 34.3 Å². The lowest BCUT2D eigenvalue weighted by molar-refractivity contribution is -0.140. The number of aryl methyl sites for hydroxylation is 1. The Labute approximate surface area is 175 Å². The predicted molar refractivity (Wildman–Crippen MR) is 112 cm³/mol. The maximum atomic E-state index is 13.5. The third-order valence-electron chi connectivity index (χ3n) is 5.18. The fourth-order valence-corrected chi connectivity index (χ4v) is 3.59. The maximum absolute atomic E-state index is 13.5. The number of likely N-dealkylation sites (tertiary alicyclic amines) is 1. The number of halogens is 1. The van der Waals surface area contributed by atoms with E-state index in [-0.39, 0.29) is 17.9 Å². The van der Waals surface area contributed by atoms with E-state index in [1.54, 1.807) is 25.3 Å². The van der Waals surface area contributed by atoms with E-state index in [2.05, 4.69) is 0 Å². The third-order valence-corrected chi connectivity index (χ3v) is 5.18. The normalized spacial score (nSPS) is 18.3. The molecule has 0 saturated carbocycles. The van der Waals surface area contributed by atoms with Gasteiger partial charge in [0.05, 0.1) is 18.7 Å². The number of likely N-dealkylation sites (N-methyl/N-ethyl adjacent to an activating group) is 1. The number of benzene rings is 2. The van der Waals surface area contributed by atoms with Crippen molar-refractivity contribution in [2.45, 2.75) is 13.0 Å². The van der Waals surface area contributed by atoms with Crippen LogP contribution in [0.2, 0.25) is 0 Å². The highest BCUT2D eigenvalue weighted by molar-refractivity contribution is 6.46. The van der Waals surface area contributed by atoms with Crippen LogP contribution in [-0.4, -0.2) is 60.9 Å². The molecule has 1 amide bonds. The van der Waals surface area contributed by atoms with E-state index < -0.39 is 23.5 Å². The molecule has 3 rings (SSSR count). The van der Waals surface area contributed by atoms with Crippen LogP contribution in [0.4, 0.5) is 4.39 Å². The van der Waals surface area contributed by atoms with Crippen LogP contribution in [0.15, 0.2) is 48.0 Å². The summed E-state index contributed by atoms with van der Waals surface area (Å²) < 4.78 is 18.7. The van der Waals surface area contributed by atoms with Crippen LogP contribution in [0.5, 0.6) is 5.75 Å². The molecule has 1 fully saturated rings. The van der Waals surface area contributed by atoms with Crippen LogP contribution >= 0.6 is 0 Å². The summed E-state index contributed by atoms with van der Waals surface area (Å²) in [4.78, 5) is 29.0. The van der Waals surface area contributed by atoms with E-state index in [0.29, 0.717) is 23.4 Å². The summed E-state index contributed by atoms with van der Waals surface area (Å²) in [7, 11) is 5.28. The molecule has 1 atom stereocenters. The zero-order chi connectivity index (χ0) is 22.0. The Kier molecular flexibility index (Phi) is 6.22. The van der Waals surface area contributed by atoms with E-state index in [0.717, 1.165) is 5.56 Å². The van der Waals surface area contributed by atoms with Crippen LogP contribution in [0.25, 0.3) is 5.76 Å². The number of carbonyl (C=O) groups excluding carboxylic acids is 2. The first-order valence-corrected chi connectivity index (χ1v) is 9.58. The van der Waals surface area contributed by atoms with Gasteiger partial charge in [0, 0.05) is 18.7 Å². The lowest BCUT2D eigenvalue weighted by Gasteiger charge is -2.26. The van der Waals surface area contributed by atoms with Gasteiger partial charge in [0.25, 0.3) is 11.7 Å². The number of carbonyl (C=O) groups is 2. The molecule has 158 valence electrons. The largest absolute Gasteiger partial charge is 0.507 e. The van der Waals surface area contributed by atoms with Crippen LogP contribution in [0.3, 0.4) is 0 Å². The monoisotopic (exact) mass is 412 g/mol. The van der Waals surface area contributed by atoms with Crippen molar-refractivity contribution in [1.82, 2.24) is 9.80 Å². The highest BCUT2D eigenvalue weighted by Crippen LogP contribution is 2.39. The molecule has 1 heterocycles. The number of ketones is 1. The van der Waals surface area contributed by atoms with Gasteiger partial charge in [-0.1, -0.05) is 12.1 Å². The number of aliphatic hydroxyl groups excluding tert-OH is 1. The third kappa shape index (κ3) is 4.07. The van der Waals surface area contributed by atoms with Crippen molar-refractivity contribution >= 4 is 17.4 Å². The Bertz CT molecular complexity index is 999. The number of hydrogen-bond donors (Lipinski definition) is 1. The molecule has 0 aromatic heterocycles. The SMILES string of the molecule is COc1ccc(/C(O)=C2\C(=O)C(=O)N(CCN(C)C)C2c2ccc(F)cc2)cc1C. The second-order valence-electron chi connectivity index (χ2n) is 7.53. The summed E-state index contributed by atoms with van der Waals surface area (Å²) in [6.45, 7) is 2.65. The van der Waals surface area contributed by atoms with Gasteiger partial charge in [0.15, 0.2) is 0 Å². The molecule has 2 aromatic rings. The van der Waals surface area contributed by atoms with E-state index in [9.17, 15) is 19.1 Å². The summed E-state index contributed by atoms with van der Waals surface area (Å²) in [5.41, 5.74) is 1.74. The Hall–Kier alpha value is -3.19. The number of hydrogen-bond acceptors (Lipinski definition) is 5. The van der Waals surface area contributed by atoms with Gasteiger partial charge < -0.3 is 19.6 Å². The Balaban J connectivity index is 2.14. The predicted octanol–water partition coefficient (Wildman–Crippen LogP) is 3.13. The molecule has 30 heavy (non-hydrogen) atoms. The summed E-state index contributed by atoms with van der Waals surface area (Å²) in [5.74, 6) is -1.48. The Morgan fingerprint density at radius 1 is 1.17 bits per heavy atom. The van der Waals surface area contributed by atoms with E-state index >= 15 is 0 Å². The van der Waals surface area contributed by atoms with Gasteiger partial charge in [-0.15, -0.1) is 0 Å². The van der Waals surface area contributed by atoms with Gasteiger partial charge in [-0.25, -0.2) is 4.39 Å². The molecular weight excluding hydrogens is 387 g/mol. The van der Waals surface area contributed by atoms with Gasteiger partial charge in [-0.3, -0.25) is 9.59 Å². The second-order valence-corrected chi connectivity index (χ2v) is 7.53. The lowest BCUT2D eigenvalue weighted by Crippen LogP contribution is -2.35. The van der Waals surface area contributed by atoms with Crippen LogP contribution in [0, 0.1) is 12.7 Å². The highest BCUT2D eigenvalue weighted by Gasteiger charge is 2.45. The summed E-state index contributed by atoms with van der Waals surface area (Å²) in [6.07, 6.45) is 0. The number of amides is 1. The van der Waals surface area contributed by atoms with Crippen molar-refractivity contribution < 1.29 is 23.8 Å². The molecule has 1 unspecified atom stereocenters. The average molecular weight is 412 g/mol. The first kappa shape index (κ1) is 21.5. The number of methoxy groups -OCH3 is 1. The van der Waals surface area contributed by atoms with Crippen molar-refractivity contribution in [3.63, 3.8) is 0 Å². The second kappa shape index (κ2) is 8.67. The molecule has 7 heteroatoms. The van der Waals surface area contributed by atoms with Gasteiger partial charge in [0.1, 0.15) is 17.3 Å². The number of nitrogens with zero attached hydrogens (tertiary/aromatic N) is 2. The Morgan fingerprint density at radius 3 is 2.40 bits per heavy atom. The van der Waals surface area contributed by atoms with Gasteiger partial charge in [-0.05, 0) is 62.5 Å². The molecule has 0 bridgehead atoms. The van der Waals surface area contributed by atoms with Gasteiger partial charge in [0.2, 0.25) is 0 Å². The lowest BCUT2D eigenvalue weighted by atomic mass is 9.94. The first-order valence-electron chi connectivity index (χ1n) is 9.58. The molecule has 0 aliphatic carbocycles. The van der Waals surface area contributed by atoms with Crippen LogP contribution in [-0.2, 0) is 9.59 Å². The fourth-order valence-electron chi connectivity index (χ4n) is 3.59. The van der Waals surface area contributed by atoms with Gasteiger partial charge in [-0.2, -0.15) is 0 Å². The highest BCUT2D eigenvalue weighted by atomic mass is 19.1. The van der Waals surface area contributed by atoms with Gasteiger partial charge >= 0.3 is 0 Å². The van der Waals surface area contributed by atoms with Crippen molar-refractivity contribution in [2.24, 2.45) is 0 Å². The van der Waals surface area contributed by atoms with Crippen molar-refractivity contribution in [3.05, 3.63) is 70.5 Å². The van der Waals surface area contributed by atoms with E-state index in [4.69, 9.17) is 4.74 Å². The molecule has 1 aliphatic rings. The molecular formula is C23H25FN2O4. The minimum Gasteiger partial charge on any atom is -0.507 e. The van der Waals surface area contributed by atoms with E-state index in [1.165, 1.54) is 29.2 Å². The molecule has 1 aliphatic heterocycles. The summed E-state index contributed by atoms with van der Waals surface area (Å²) in [5, 5.41) is 11.0. The Morgan fingerprint density at radius 2 is 1.83 bits per heavy atom. The van der Waals surface area contributed by atoms with Crippen molar-refractivity contribution in [3.8, 4) is 5.75 Å². The quantitative estimate of drug-likeness (QED) is 0.449. The zero-order valence-corrected chi connectivity index (χ0v) is 17.5. The van der Waals surface area contributed by atoms with Crippen molar-refractivity contribution in [1.29, 1.82) is 0 Å². The molecule has 6 nitrogen and oxygen atoms in total. The summed E-state index contributed by atoms with van der Waals surface area (Å²) >= 11 is 0. The van der Waals surface area contributed by atoms with Crippen LogP contribution in [0.1, 0.15) is 22.7 Å². The number of aliphatic hydroxyl groups is 1. The first-order chi connectivity index (χ1) is 14.2. The van der Waals surface area contributed by atoms with Crippen LogP contribution < -0.4 is 4.74 Å². The number of Topliss-reactive ketones (excluding diaryl/α,β-unsaturated/α-hetero) is 1. The minimum atomic E-state index is -0.798. The molecule has 2 aromatic carbocycles. The fraction of sp³-hybridized carbons (Fsp3) is 0.304. The summed E-state index contributed by atoms with van der Waals surface area (Å²) in [6, 6.07) is 9.84. The number of rotatable bonds is 6. The molecule has 1 N–H and O–H groups in total. The minimum absolute atomic E-state index is 0.00469. The average Bonchev–Trinajstić information content (AvgIpc) is 2.96. The molecule has 0 spiro atoms. The standard InChI is InChI=1S/C23H25FN2O4/c1-14-13-16(7-10-18(14)30-4)21(27)19-20(15-5-8-17(24)9-6-15)26(12-11-25(2)3)23(29)22(19)28/h5-10,13,20,27H,11-12H2,1-4H3/b21-19+.